The summed E-state index contributed by atoms with van der Waals surface area (Å²) in [6, 6.07) is 1.03. The molecule has 0 unspecified atom stereocenters. The lowest BCUT2D eigenvalue weighted by atomic mass is 10.4. The third kappa shape index (κ3) is 1.69. The summed E-state index contributed by atoms with van der Waals surface area (Å²) < 4.78 is 38.4. The normalized spacial score (nSPS) is 12.2. The third-order valence-corrected chi connectivity index (χ3v) is 3.50. The van der Waals surface area contributed by atoms with Crippen LogP contribution in [0.5, 0.6) is 0 Å². The van der Waals surface area contributed by atoms with E-state index in [2.05, 4.69) is 31.9 Å². The van der Waals surface area contributed by atoms with Gasteiger partial charge in [0.2, 0.25) is 0 Å². The average molecular weight is 307 g/mol. The van der Waals surface area contributed by atoms with Crippen LogP contribution in [0.15, 0.2) is 15.1 Å². The number of aromatic nitrogens is 1. The molecule has 1 aromatic heterocycles. The van der Waals surface area contributed by atoms with Crippen LogP contribution in [-0.2, 0) is 13.2 Å². The molecule has 6 heteroatoms. The van der Waals surface area contributed by atoms with Gasteiger partial charge in [0.05, 0.1) is 9.08 Å². The maximum absolute atomic E-state index is 12.2. The Morgan fingerprint density at radius 3 is 2.00 bits per heavy atom. The Hall–Kier alpha value is 0.0300. The number of nitrogens with zero attached hydrogens (tertiary/aromatic N) is 1. The van der Waals surface area contributed by atoms with E-state index in [0.29, 0.717) is 9.08 Å². The molecule has 0 atom stereocenters. The fourth-order valence-corrected chi connectivity index (χ4v) is 1.60. The van der Waals surface area contributed by atoms with Gasteiger partial charge in [-0.15, -0.1) is 0 Å². The van der Waals surface area contributed by atoms with Gasteiger partial charge in [0.25, 0.3) is 0 Å². The highest BCUT2D eigenvalue weighted by Gasteiger charge is 2.34. The summed E-state index contributed by atoms with van der Waals surface area (Å²) >= 11 is 6.00. The summed E-state index contributed by atoms with van der Waals surface area (Å²) in [5.74, 6) is 0. The second-order valence-corrected chi connectivity index (χ2v) is 3.83. The molecule has 0 aliphatic rings. The van der Waals surface area contributed by atoms with Crippen molar-refractivity contribution < 1.29 is 13.2 Å². The van der Waals surface area contributed by atoms with Crippen molar-refractivity contribution in [1.29, 1.82) is 0 Å². The molecule has 1 nitrogen and oxygen atoms in total. The molecular weight excluding hydrogens is 303 g/mol. The lowest BCUT2D eigenvalue weighted by Gasteiger charge is -2.07. The predicted molar refractivity (Wildman–Crippen MR) is 45.8 cm³/mol. The molecule has 1 rings (SSSR count). The van der Waals surface area contributed by atoms with Crippen LogP contribution in [0.25, 0.3) is 0 Å². The van der Waals surface area contributed by atoms with Gasteiger partial charge >= 0.3 is 6.18 Å². The number of hydrogen-bond acceptors (Lipinski definition) is 0. The highest BCUT2D eigenvalue weighted by molar-refractivity contribution is 9.13. The van der Waals surface area contributed by atoms with Crippen LogP contribution in [0.4, 0.5) is 13.2 Å². The Balaban J connectivity index is 3.28. The van der Waals surface area contributed by atoms with Crippen LogP contribution in [0.3, 0.4) is 0 Å². The maximum atomic E-state index is 12.2. The van der Waals surface area contributed by atoms with Crippen molar-refractivity contribution in [3.8, 4) is 0 Å². The van der Waals surface area contributed by atoms with E-state index in [-0.39, 0.29) is 0 Å². The molecule has 0 amide bonds. The quantitative estimate of drug-likeness (QED) is 0.690. The van der Waals surface area contributed by atoms with E-state index >= 15 is 0 Å². The molecule has 0 spiro atoms. The van der Waals surface area contributed by atoms with Gasteiger partial charge < -0.3 is 4.57 Å². The van der Waals surface area contributed by atoms with Gasteiger partial charge in [-0.2, -0.15) is 13.2 Å². The van der Waals surface area contributed by atoms with Crippen LogP contribution in [0.2, 0.25) is 0 Å². The molecule has 0 radical (unpaired) electrons. The van der Waals surface area contributed by atoms with Gasteiger partial charge in [-0.3, -0.25) is 0 Å². The molecule has 0 saturated carbocycles. The van der Waals surface area contributed by atoms with E-state index < -0.39 is 11.9 Å². The Labute approximate surface area is 83.8 Å². The summed E-state index contributed by atoms with van der Waals surface area (Å²) in [6.45, 7) is 0. The fraction of sp³-hybridized carbons (Fsp3) is 0.333. The van der Waals surface area contributed by atoms with Gasteiger partial charge in [-0.05, 0) is 37.9 Å². The van der Waals surface area contributed by atoms with E-state index in [1.807, 2.05) is 0 Å². The van der Waals surface area contributed by atoms with Crippen molar-refractivity contribution in [3.63, 3.8) is 0 Å². The van der Waals surface area contributed by atoms with Crippen LogP contribution in [-0.4, -0.2) is 4.57 Å². The van der Waals surface area contributed by atoms with Gasteiger partial charge in [0.15, 0.2) is 0 Å². The van der Waals surface area contributed by atoms with E-state index in [4.69, 9.17) is 0 Å². The number of alkyl halides is 3. The molecule has 0 aromatic carbocycles. The van der Waals surface area contributed by atoms with Gasteiger partial charge in [0.1, 0.15) is 5.69 Å². The second-order valence-electron chi connectivity index (χ2n) is 2.23. The minimum atomic E-state index is -4.30. The smallest absolute Gasteiger partial charge is 0.334 e. The molecule has 0 fully saturated rings. The first-order valence-electron chi connectivity index (χ1n) is 2.92. The monoisotopic (exact) mass is 305 g/mol. The first-order chi connectivity index (χ1) is 5.34. The Morgan fingerprint density at radius 1 is 1.33 bits per heavy atom. The number of hydrogen-bond donors (Lipinski definition) is 0. The molecule has 0 aliphatic carbocycles. The Bertz CT molecular complexity index is 302. The second kappa shape index (κ2) is 3.06. The molecule has 0 aliphatic heterocycles. The highest BCUT2D eigenvalue weighted by Crippen LogP contribution is 2.35. The summed E-state index contributed by atoms with van der Waals surface area (Å²) in [5.41, 5.74) is -0.679. The largest absolute Gasteiger partial charge is 0.431 e. The minimum Gasteiger partial charge on any atom is -0.334 e. The zero-order chi connectivity index (χ0) is 9.52. The molecule has 1 heterocycles. The lowest BCUT2D eigenvalue weighted by molar-refractivity contribution is -0.143. The average Bonchev–Trinajstić information content (AvgIpc) is 2.15. The standard InChI is InChI=1S/C6H4Br2F3N/c1-12-4(6(9,10)11)2-3(7)5(12)8/h2H,1H3. The molecule has 12 heavy (non-hydrogen) atoms. The van der Waals surface area contributed by atoms with Gasteiger partial charge in [-0.1, -0.05) is 0 Å². The van der Waals surface area contributed by atoms with Crippen LogP contribution >= 0.6 is 31.9 Å². The molecular formula is C6H4Br2F3N. The number of halogens is 5. The number of rotatable bonds is 0. The minimum absolute atomic E-state index is 0.384. The first-order valence-corrected chi connectivity index (χ1v) is 4.50. The highest BCUT2D eigenvalue weighted by atomic mass is 79.9. The Morgan fingerprint density at radius 2 is 1.83 bits per heavy atom. The molecule has 1 aromatic rings. The maximum Gasteiger partial charge on any atom is 0.431 e. The topological polar surface area (TPSA) is 4.93 Å². The van der Waals surface area contributed by atoms with Crippen molar-refractivity contribution in [3.05, 3.63) is 20.8 Å². The van der Waals surface area contributed by atoms with Crippen molar-refractivity contribution >= 4 is 31.9 Å². The van der Waals surface area contributed by atoms with Crippen molar-refractivity contribution in [2.24, 2.45) is 7.05 Å². The summed E-state index contributed by atoms with van der Waals surface area (Å²) in [5, 5.41) is 0. The molecule has 0 bridgehead atoms. The molecule has 68 valence electrons. The predicted octanol–water partition coefficient (Wildman–Crippen LogP) is 3.57. The first kappa shape index (κ1) is 10.1. The van der Waals surface area contributed by atoms with Crippen LogP contribution < -0.4 is 0 Å². The van der Waals surface area contributed by atoms with E-state index in [1.165, 1.54) is 7.05 Å². The fourth-order valence-electron chi connectivity index (χ4n) is 0.814. The van der Waals surface area contributed by atoms with Gasteiger partial charge in [-0.25, -0.2) is 0 Å². The van der Waals surface area contributed by atoms with Crippen molar-refractivity contribution in [2.75, 3.05) is 0 Å². The van der Waals surface area contributed by atoms with Crippen LogP contribution in [0, 0.1) is 0 Å². The van der Waals surface area contributed by atoms with Crippen molar-refractivity contribution in [2.45, 2.75) is 6.18 Å². The lowest BCUT2D eigenvalue weighted by Crippen LogP contribution is -2.10. The van der Waals surface area contributed by atoms with E-state index in [1.54, 1.807) is 0 Å². The summed E-state index contributed by atoms with van der Waals surface area (Å²) in [7, 11) is 1.34. The van der Waals surface area contributed by atoms with Crippen molar-refractivity contribution in [1.82, 2.24) is 4.57 Å². The summed E-state index contributed by atoms with van der Waals surface area (Å²) in [4.78, 5) is 0. The SMILES string of the molecule is Cn1c(C(F)(F)F)cc(Br)c1Br. The zero-order valence-electron chi connectivity index (χ0n) is 5.91. The Kier molecular flexibility index (Phi) is 2.58. The third-order valence-electron chi connectivity index (χ3n) is 1.41. The zero-order valence-corrected chi connectivity index (χ0v) is 9.09. The van der Waals surface area contributed by atoms with Gasteiger partial charge in [0, 0.05) is 7.05 Å². The molecule has 0 saturated heterocycles. The van der Waals surface area contributed by atoms with Crippen LogP contribution in [0.1, 0.15) is 5.69 Å². The summed E-state index contributed by atoms with van der Waals surface area (Å²) in [6.07, 6.45) is -4.30. The molecule has 0 N–H and O–H groups in total. The van der Waals surface area contributed by atoms with E-state index in [0.717, 1.165) is 10.6 Å². The van der Waals surface area contributed by atoms with E-state index in [9.17, 15) is 13.2 Å².